The van der Waals surface area contributed by atoms with Crippen molar-refractivity contribution >= 4 is 17.4 Å². The maximum atomic E-state index is 4.17. The smallest absolute Gasteiger partial charge is 0.0672 e. The molecule has 0 bridgehead atoms. The van der Waals surface area contributed by atoms with Crippen molar-refractivity contribution in [2.75, 3.05) is 11.2 Å². The van der Waals surface area contributed by atoms with Crippen LogP contribution < -0.4 is 5.32 Å². The predicted octanol–water partition coefficient (Wildman–Crippen LogP) is 1.87. The van der Waals surface area contributed by atoms with E-state index in [-0.39, 0.29) is 0 Å². The summed E-state index contributed by atoms with van der Waals surface area (Å²) >= 11 is 1.83. The number of aryl methyl sites for hydroxylation is 1. The van der Waals surface area contributed by atoms with Gasteiger partial charge in [0.25, 0.3) is 0 Å². The van der Waals surface area contributed by atoms with Crippen LogP contribution in [-0.2, 0) is 0 Å². The Balaban J connectivity index is 2.52. The summed E-state index contributed by atoms with van der Waals surface area (Å²) in [7, 11) is 0. The van der Waals surface area contributed by atoms with Gasteiger partial charge in [0.05, 0.1) is 17.8 Å². The summed E-state index contributed by atoms with van der Waals surface area (Å²) in [5, 5.41) is 3.23. The van der Waals surface area contributed by atoms with Crippen LogP contribution in [-0.4, -0.2) is 10.9 Å². The molecule has 2 heterocycles. The fraction of sp³-hybridized carbons (Fsp3) is 0.286. The molecule has 10 heavy (non-hydrogen) atoms. The van der Waals surface area contributed by atoms with Crippen molar-refractivity contribution in [1.29, 1.82) is 0 Å². The Hall–Kier alpha value is -0.700. The molecule has 0 aromatic carbocycles. The molecule has 3 heteroatoms. The molecule has 0 fully saturated rings. The topological polar surface area (TPSA) is 24.9 Å². The number of hydrogen-bond donors (Lipinski definition) is 1. The molecule has 2 rings (SSSR count). The van der Waals surface area contributed by atoms with Crippen molar-refractivity contribution < 1.29 is 0 Å². The number of fused-ring (bicyclic) bond motifs is 1. The Bertz CT molecular complexity index is 260. The molecule has 1 N–H and O–H groups in total. The standard InChI is InChI=1S/C7H8N2S/c1-5-2-7-6(3-8-5)9-4-10-7/h2-3,9H,4H2,1H3. The van der Waals surface area contributed by atoms with Gasteiger partial charge in [-0.05, 0) is 13.0 Å². The van der Waals surface area contributed by atoms with Crippen LogP contribution in [0.4, 0.5) is 5.69 Å². The normalized spacial score (nSPS) is 14.5. The van der Waals surface area contributed by atoms with E-state index in [9.17, 15) is 0 Å². The van der Waals surface area contributed by atoms with Gasteiger partial charge in [-0.1, -0.05) is 0 Å². The number of anilines is 1. The Morgan fingerprint density at radius 3 is 3.50 bits per heavy atom. The zero-order valence-corrected chi connectivity index (χ0v) is 6.53. The predicted molar refractivity (Wildman–Crippen MR) is 43.3 cm³/mol. The summed E-state index contributed by atoms with van der Waals surface area (Å²) in [5.74, 6) is 0.987. The second kappa shape index (κ2) is 2.16. The number of rotatable bonds is 0. The van der Waals surface area contributed by atoms with Crippen LogP contribution in [0.25, 0.3) is 0 Å². The Kier molecular flexibility index (Phi) is 1.31. The van der Waals surface area contributed by atoms with Crippen LogP contribution in [0.3, 0.4) is 0 Å². The van der Waals surface area contributed by atoms with E-state index in [1.54, 1.807) is 0 Å². The first kappa shape index (κ1) is 6.04. The number of pyridine rings is 1. The fourth-order valence-corrected chi connectivity index (χ4v) is 1.90. The zero-order valence-electron chi connectivity index (χ0n) is 5.72. The molecule has 0 unspecified atom stereocenters. The lowest BCUT2D eigenvalue weighted by Gasteiger charge is -1.96. The molecular weight excluding hydrogens is 144 g/mol. The maximum Gasteiger partial charge on any atom is 0.0672 e. The van der Waals surface area contributed by atoms with Crippen molar-refractivity contribution in [3.63, 3.8) is 0 Å². The third kappa shape index (κ3) is 0.865. The molecule has 0 amide bonds. The van der Waals surface area contributed by atoms with E-state index in [1.165, 1.54) is 10.6 Å². The molecule has 1 aliphatic heterocycles. The minimum absolute atomic E-state index is 0.987. The van der Waals surface area contributed by atoms with Crippen molar-refractivity contribution in [3.05, 3.63) is 18.0 Å². The van der Waals surface area contributed by atoms with Gasteiger partial charge in [0, 0.05) is 10.6 Å². The van der Waals surface area contributed by atoms with E-state index in [4.69, 9.17) is 0 Å². The second-order valence-electron chi connectivity index (χ2n) is 2.29. The Morgan fingerprint density at radius 1 is 1.70 bits per heavy atom. The van der Waals surface area contributed by atoms with Crippen molar-refractivity contribution in [1.82, 2.24) is 4.98 Å². The summed E-state index contributed by atoms with van der Waals surface area (Å²) in [6, 6.07) is 2.11. The molecule has 0 spiro atoms. The first-order valence-corrected chi connectivity index (χ1v) is 4.18. The Labute approximate surface area is 64.0 Å². The van der Waals surface area contributed by atoms with Gasteiger partial charge in [-0.15, -0.1) is 11.8 Å². The van der Waals surface area contributed by atoms with Gasteiger partial charge in [0.2, 0.25) is 0 Å². The highest BCUT2D eigenvalue weighted by molar-refractivity contribution is 7.99. The van der Waals surface area contributed by atoms with Crippen molar-refractivity contribution in [3.8, 4) is 0 Å². The van der Waals surface area contributed by atoms with Crippen molar-refractivity contribution in [2.24, 2.45) is 0 Å². The zero-order chi connectivity index (χ0) is 6.97. The van der Waals surface area contributed by atoms with Gasteiger partial charge in [-0.2, -0.15) is 0 Å². The van der Waals surface area contributed by atoms with E-state index in [0.29, 0.717) is 0 Å². The van der Waals surface area contributed by atoms with E-state index in [2.05, 4.69) is 16.4 Å². The molecule has 1 aromatic heterocycles. The van der Waals surface area contributed by atoms with Gasteiger partial charge in [-0.3, -0.25) is 4.98 Å². The summed E-state index contributed by atoms with van der Waals surface area (Å²) in [6.45, 7) is 2.01. The SMILES string of the molecule is Cc1cc2c(cn1)NCS2. The molecule has 1 aliphatic rings. The van der Waals surface area contributed by atoms with Gasteiger partial charge < -0.3 is 5.32 Å². The van der Waals surface area contributed by atoms with E-state index < -0.39 is 0 Å². The van der Waals surface area contributed by atoms with Crippen LogP contribution in [0, 0.1) is 6.92 Å². The lowest BCUT2D eigenvalue weighted by Crippen LogP contribution is -1.89. The van der Waals surface area contributed by atoms with Gasteiger partial charge in [0.15, 0.2) is 0 Å². The molecule has 2 nitrogen and oxygen atoms in total. The summed E-state index contributed by atoms with van der Waals surface area (Å²) in [5.41, 5.74) is 2.27. The first-order chi connectivity index (χ1) is 4.86. The molecular formula is C7H8N2S. The number of thioether (sulfide) groups is 1. The third-order valence-electron chi connectivity index (χ3n) is 1.49. The minimum Gasteiger partial charge on any atom is -0.374 e. The summed E-state index contributed by atoms with van der Waals surface area (Å²) in [6.07, 6.45) is 1.89. The third-order valence-corrected chi connectivity index (χ3v) is 2.43. The molecule has 0 aliphatic carbocycles. The first-order valence-electron chi connectivity index (χ1n) is 3.19. The monoisotopic (exact) mass is 152 g/mol. The minimum atomic E-state index is 0.987. The Morgan fingerprint density at radius 2 is 2.60 bits per heavy atom. The molecule has 0 radical (unpaired) electrons. The van der Waals surface area contributed by atoms with E-state index in [0.717, 1.165) is 11.6 Å². The largest absolute Gasteiger partial charge is 0.374 e. The van der Waals surface area contributed by atoms with E-state index in [1.807, 2.05) is 24.9 Å². The summed E-state index contributed by atoms with van der Waals surface area (Å²) in [4.78, 5) is 5.50. The number of nitrogens with zero attached hydrogens (tertiary/aromatic N) is 1. The van der Waals surface area contributed by atoms with Crippen molar-refractivity contribution in [2.45, 2.75) is 11.8 Å². The number of aromatic nitrogens is 1. The van der Waals surface area contributed by atoms with Gasteiger partial charge in [0.1, 0.15) is 0 Å². The average molecular weight is 152 g/mol. The van der Waals surface area contributed by atoms with Crippen LogP contribution in [0.15, 0.2) is 17.2 Å². The highest BCUT2D eigenvalue weighted by Crippen LogP contribution is 2.32. The summed E-state index contributed by atoms with van der Waals surface area (Å²) < 4.78 is 0. The number of nitrogens with one attached hydrogen (secondary N) is 1. The average Bonchev–Trinajstić information content (AvgIpc) is 2.33. The molecule has 0 saturated heterocycles. The highest BCUT2D eigenvalue weighted by atomic mass is 32.2. The second-order valence-corrected chi connectivity index (χ2v) is 3.30. The quantitative estimate of drug-likeness (QED) is 0.614. The van der Waals surface area contributed by atoms with Crippen LogP contribution >= 0.6 is 11.8 Å². The van der Waals surface area contributed by atoms with Crippen LogP contribution in [0.2, 0.25) is 0 Å². The highest BCUT2D eigenvalue weighted by Gasteiger charge is 2.09. The molecule has 0 saturated carbocycles. The van der Waals surface area contributed by atoms with Crippen LogP contribution in [0.5, 0.6) is 0 Å². The lowest BCUT2D eigenvalue weighted by molar-refractivity contribution is 1.16. The van der Waals surface area contributed by atoms with Gasteiger partial charge in [-0.25, -0.2) is 0 Å². The number of hydrogen-bond acceptors (Lipinski definition) is 3. The van der Waals surface area contributed by atoms with Crippen LogP contribution in [0.1, 0.15) is 5.69 Å². The van der Waals surface area contributed by atoms with E-state index >= 15 is 0 Å². The molecule has 0 atom stereocenters. The molecule has 1 aromatic rings. The fourth-order valence-electron chi connectivity index (χ4n) is 0.978. The van der Waals surface area contributed by atoms with Gasteiger partial charge >= 0.3 is 0 Å². The maximum absolute atomic E-state index is 4.17. The lowest BCUT2D eigenvalue weighted by atomic mass is 10.3. The molecule has 52 valence electrons.